The summed E-state index contributed by atoms with van der Waals surface area (Å²) >= 11 is 6.30. The zero-order valence-corrected chi connectivity index (χ0v) is 21.6. The van der Waals surface area contributed by atoms with Crippen molar-refractivity contribution in [2.75, 3.05) is 6.54 Å². The Morgan fingerprint density at radius 1 is 1.09 bits per heavy atom. The number of hydrogen-bond acceptors (Lipinski definition) is 5. The molecular weight excluding hydrogens is 490 g/mol. The quantitative estimate of drug-likeness (QED) is 0.516. The summed E-state index contributed by atoms with van der Waals surface area (Å²) in [5, 5.41) is 3.37. The Kier molecular flexibility index (Phi) is 8.56. The molecule has 10 heteroatoms. The molecule has 35 heavy (non-hydrogen) atoms. The SMILES string of the molecule is CC[C@@H](C)NC(=O)[C@@H](C)N(Cc1ccccc1Cl)C(=O)CCCN1C(=O)c2ccccc2S1(=O)=O. The standard InChI is InChI=1S/C25H30ClN3O5S/c1-4-17(2)27-24(31)18(3)28(16-19-10-5-7-12-21(19)26)23(30)14-9-15-29-25(32)20-11-6-8-13-22(20)35(29,33)34/h5-8,10-13,17-18H,4,9,14-16H2,1-3H3,(H,27,31)/t17-,18-/m1/s1. The van der Waals surface area contributed by atoms with E-state index in [1.807, 2.05) is 13.8 Å². The van der Waals surface area contributed by atoms with Crippen LogP contribution in [0.2, 0.25) is 5.02 Å². The monoisotopic (exact) mass is 519 g/mol. The van der Waals surface area contributed by atoms with Crippen molar-refractivity contribution in [3.8, 4) is 0 Å². The largest absolute Gasteiger partial charge is 0.352 e. The summed E-state index contributed by atoms with van der Waals surface area (Å²) in [6.45, 7) is 5.48. The van der Waals surface area contributed by atoms with Crippen molar-refractivity contribution in [2.24, 2.45) is 0 Å². The molecule has 0 radical (unpaired) electrons. The van der Waals surface area contributed by atoms with Crippen LogP contribution in [0.25, 0.3) is 0 Å². The molecule has 1 N–H and O–H groups in total. The first-order valence-electron chi connectivity index (χ1n) is 11.6. The fourth-order valence-electron chi connectivity index (χ4n) is 3.83. The lowest BCUT2D eigenvalue weighted by molar-refractivity contribution is -0.141. The van der Waals surface area contributed by atoms with Crippen LogP contribution in [0.4, 0.5) is 0 Å². The van der Waals surface area contributed by atoms with Gasteiger partial charge < -0.3 is 10.2 Å². The van der Waals surface area contributed by atoms with Gasteiger partial charge in [-0.2, -0.15) is 0 Å². The van der Waals surface area contributed by atoms with Gasteiger partial charge in [-0.05, 0) is 50.5 Å². The molecule has 0 aliphatic carbocycles. The molecule has 2 atom stereocenters. The second-order valence-electron chi connectivity index (χ2n) is 8.59. The highest BCUT2D eigenvalue weighted by Gasteiger charge is 2.40. The summed E-state index contributed by atoms with van der Waals surface area (Å²) in [5.41, 5.74) is 0.827. The Balaban J connectivity index is 1.72. The molecule has 0 unspecified atom stereocenters. The normalized spacial score (nSPS) is 15.9. The number of amides is 3. The van der Waals surface area contributed by atoms with E-state index in [2.05, 4.69) is 5.32 Å². The van der Waals surface area contributed by atoms with E-state index in [-0.39, 0.29) is 54.2 Å². The fraction of sp³-hybridized carbons (Fsp3) is 0.400. The predicted molar refractivity (Wildman–Crippen MR) is 133 cm³/mol. The number of nitrogens with one attached hydrogen (secondary N) is 1. The minimum atomic E-state index is -3.94. The number of benzene rings is 2. The first kappa shape index (κ1) is 26.7. The minimum Gasteiger partial charge on any atom is -0.352 e. The van der Waals surface area contributed by atoms with E-state index in [0.29, 0.717) is 10.6 Å². The van der Waals surface area contributed by atoms with Gasteiger partial charge in [0.25, 0.3) is 15.9 Å². The summed E-state index contributed by atoms with van der Waals surface area (Å²) < 4.78 is 26.3. The third-order valence-corrected chi connectivity index (χ3v) is 8.34. The zero-order valence-electron chi connectivity index (χ0n) is 20.0. The van der Waals surface area contributed by atoms with Crippen molar-refractivity contribution in [3.05, 3.63) is 64.7 Å². The van der Waals surface area contributed by atoms with Gasteiger partial charge in [-0.25, -0.2) is 12.7 Å². The van der Waals surface area contributed by atoms with E-state index < -0.39 is 22.0 Å². The highest BCUT2D eigenvalue weighted by atomic mass is 35.5. The Hall–Kier alpha value is -2.91. The maximum Gasteiger partial charge on any atom is 0.269 e. The number of carbonyl (C=O) groups excluding carboxylic acids is 3. The van der Waals surface area contributed by atoms with Crippen LogP contribution < -0.4 is 5.32 Å². The zero-order chi connectivity index (χ0) is 25.8. The van der Waals surface area contributed by atoms with E-state index in [4.69, 9.17) is 11.6 Å². The highest BCUT2D eigenvalue weighted by Crippen LogP contribution is 2.30. The van der Waals surface area contributed by atoms with E-state index in [0.717, 1.165) is 10.7 Å². The van der Waals surface area contributed by atoms with Gasteiger partial charge in [0, 0.05) is 30.6 Å². The number of halogens is 1. The summed E-state index contributed by atoms with van der Waals surface area (Å²) in [5.74, 6) is -1.21. The lowest BCUT2D eigenvalue weighted by atomic mass is 10.1. The number of carbonyl (C=O) groups is 3. The first-order valence-corrected chi connectivity index (χ1v) is 13.4. The minimum absolute atomic E-state index is 0.0213. The molecule has 8 nitrogen and oxygen atoms in total. The first-order chi connectivity index (χ1) is 16.6. The number of sulfonamides is 1. The molecular formula is C25H30ClN3O5S. The molecule has 188 valence electrons. The Labute approximate surface area is 211 Å². The second-order valence-corrected chi connectivity index (χ2v) is 10.8. The Bertz CT molecular complexity index is 1220. The van der Waals surface area contributed by atoms with Crippen LogP contribution in [0.3, 0.4) is 0 Å². The Morgan fingerprint density at radius 2 is 1.74 bits per heavy atom. The van der Waals surface area contributed by atoms with E-state index in [1.165, 1.54) is 17.0 Å². The van der Waals surface area contributed by atoms with Crippen molar-refractivity contribution in [1.29, 1.82) is 0 Å². The van der Waals surface area contributed by atoms with Gasteiger partial charge >= 0.3 is 0 Å². The maximum absolute atomic E-state index is 13.2. The summed E-state index contributed by atoms with van der Waals surface area (Å²) in [6, 6.07) is 12.3. The molecule has 1 heterocycles. The average molecular weight is 520 g/mol. The van der Waals surface area contributed by atoms with Crippen LogP contribution in [0, 0.1) is 0 Å². The number of fused-ring (bicyclic) bond motifs is 1. The van der Waals surface area contributed by atoms with Crippen LogP contribution in [0.5, 0.6) is 0 Å². The molecule has 0 fully saturated rings. The van der Waals surface area contributed by atoms with Crippen molar-refractivity contribution < 1.29 is 22.8 Å². The lowest BCUT2D eigenvalue weighted by Crippen LogP contribution is -2.49. The van der Waals surface area contributed by atoms with Crippen LogP contribution in [0.1, 0.15) is 56.0 Å². The van der Waals surface area contributed by atoms with Crippen LogP contribution in [-0.2, 0) is 26.2 Å². The van der Waals surface area contributed by atoms with Crippen molar-refractivity contribution in [2.45, 2.75) is 63.6 Å². The van der Waals surface area contributed by atoms with Gasteiger partial charge in [0.1, 0.15) is 10.9 Å². The number of hydrogen-bond donors (Lipinski definition) is 1. The third kappa shape index (κ3) is 5.85. The maximum atomic E-state index is 13.2. The molecule has 0 saturated heterocycles. The molecule has 2 aromatic rings. The average Bonchev–Trinajstić information content (AvgIpc) is 3.03. The number of rotatable bonds is 10. The molecule has 3 rings (SSSR count). The van der Waals surface area contributed by atoms with Gasteiger partial charge in [-0.3, -0.25) is 14.4 Å². The fourth-order valence-corrected chi connectivity index (χ4v) is 5.63. The van der Waals surface area contributed by atoms with Crippen molar-refractivity contribution >= 4 is 39.3 Å². The topological polar surface area (TPSA) is 104 Å². The second kappa shape index (κ2) is 11.2. The number of nitrogens with zero attached hydrogens (tertiary/aromatic N) is 2. The highest BCUT2D eigenvalue weighted by molar-refractivity contribution is 7.90. The summed E-state index contributed by atoms with van der Waals surface area (Å²) in [6.07, 6.45) is 0.829. The van der Waals surface area contributed by atoms with Crippen LogP contribution >= 0.6 is 11.6 Å². The molecule has 1 aliphatic rings. The molecule has 0 saturated carbocycles. The lowest BCUT2D eigenvalue weighted by Gasteiger charge is -2.30. The third-order valence-electron chi connectivity index (χ3n) is 6.13. The molecule has 1 aliphatic heterocycles. The summed E-state index contributed by atoms with van der Waals surface area (Å²) in [4.78, 5) is 40.1. The van der Waals surface area contributed by atoms with E-state index in [1.54, 1.807) is 43.3 Å². The van der Waals surface area contributed by atoms with Gasteiger partial charge in [-0.15, -0.1) is 0 Å². The smallest absolute Gasteiger partial charge is 0.269 e. The van der Waals surface area contributed by atoms with Crippen LogP contribution in [-0.4, -0.2) is 54.0 Å². The summed E-state index contributed by atoms with van der Waals surface area (Å²) in [7, 11) is -3.94. The molecule has 0 spiro atoms. The van der Waals surface area contributed by atoms with Gasteiger partial charge in [-0.1, -0.05) is 48.9 Å². The van der Waals surface area contributed by atoms with E-state index >= 15 is 0 Å². The Morgan fingerprint density at radius 3 is 2.40 bits per heavy atom. The van der Waals surface area contributed by atoms with Gasteiger partial charge in [0.05, 0.1) is 5.56 Å². The molecule has 2 aromatic carbocycles. The van der Waals surface area contributed by atoms with Gasteiger partial charge in [0.2, 0.25) is 11.8 Å². The molecule has 0 aromatic heterocycles. The van der Waals surface area contributed by atoms with Crippen molar-refractivity contribution in [1.82, 2.24) is 14.5 Å². The van der Waals surface area contributed by atoms with Crippen LogP contribution in [0.15, 0.2) is 53.4 Å². The van der Waals surface area contributed by atoms with Gasteiger partial charge in [0.15, 0.2) is 0 Å². The molecule has 0 bridgehead atoms. The molecule has 3 amide bonds. The van der Waals surface area contributed by atoms with E-state index in [9.17, 15) is 22.8 Å². The predicted octanol–water partition coefficient (Wildman–Crippen LogP) is 3.60. The van der Waals surface area contributed by atoms with Crippen molar-refractivity contribution in [3.63, 3.8) is 0 Å².